The van der Waals surface area contributed by atoms with Crippen LogP contribution in [0.2, 0.25) is 0 Å². The summed E-state index contributed by atoms with van der Waals surface area (Å²) in [6.07, 6.45) is 1.02. The molecule has 2 aliphatic rings. The fraction of sp³-hybridized carbons (Fsp3) is 0.450. The Morgan fingerprint density at radius 3 is 2.54 bits per heavy atom. The van der Waals surface area contributed by atoms with Gasteiger partial charge in [-0.1, -0.05) is 24.3 Å². The fourth-order valence-corrected chi connectivity index (χ4v) is 3.83. The van der Waals surface area contributed by atoms with E-state index in [4.69, 9.17) is 26.9 Å². The number of hydrogen-bond acceptors (Lipinski definition) is 6. The third-order valence-corrected chi connectivity index (χ3v) is 5.30. The average Bonchev–Trinajstić information content (AvgIpc) is 2.74. The van der Waals surface area contributed by atoms with E-state index in [1.165, 1.54) is 11.1 Å². The second-order valence-corrected chi connectivity index (χ2v) is 7.34. The molecule has 4 rings (SSSR count). The molecule has 2 aliphatic heterocycles. The van der Waals surface area contributed by atoms with Gasteiger partial charge in [-0.05, 0) is 36.7 Å². The Balaban J connectivity index is 1.62. The Hall–Kier alpha value is -2.45. The Morgan fingerprint density at radius 1 is 1.07 bits per heavy atom. The van der Waals surface area contributed by atoms with E-state index in [1.807, 2.05) is 6.92 Å². The topological polar surface area (TPSA) is 65.6 Å². The van der Waals surface area contributed by atoms with Crippen molar-refractivity contribution in [3.63, 3.8) is 0 Å². The number of morpholine rings is 1. The lowest BCUT2D eigenvalue weighted by atomic mass is 10.00. The lowest BCUT2D eigenvalue weighted by Gasteiger charge is -2.32. The van der Waals surface area contributed by atoms with Gasteiger partial charge in [-0.25, -0.2) is 0 Å². The Labute approximate surface area is 171 Å². The van der Waals surface area contributed by atoms with E-state index in [1.54, 1.807) is 0 Å². The molecule has 0 radical (unpaired) electrons. The van der Waals surface area contributed by atoms with Crippen LogP contribution in [-0.2, 0) is 17.7 Å². The van der Waals surface area contributed by atoms with Gasteiger partial charge in [0.05, 0.1) is 13.2 Å². The number of nitrogens with one attached hydrogen (secondary N) is 2. The lowest BCUT2D eigenvalue weighted by molar-refractivity contribution is 0.122. The third-order valence-electron chi connectivity index (χ3n) is 5.05. The molecule has 0 amide bonds. The molecule has 0 unspecified atom stereocenters. The van der Waals surface area contributed by atoms with E-state index in [2.05, 4.69) is 50.8 Å². The van der Waals surface area contributed by atoms with Crippen molar-refractivity contribution < 1.29 is 4.74 Å². The Morgan fingerprint density at radius 2 is 1.79 bits per heavy atom. The van der Waals surface area contributed by atoms with Crippen LogP contribution in [0, 0.1) is 0 Å². The van der Waals surface area contributed by atoms with Crippen LogP contribution in [-0.4, -0.2) is 54.5 Å². The van der Waals surface area contributed by atoms with Gasteiger partial charge in [0, 0.05) is 38.8 Å². The van der Waals surface area contributed by atoms with Crippen molar-refractivity contribution in [3.05, 3.63) is 41.5 Å². The summed E-state index contributed by atoms with van der Waals surface area (Å²) in [5, 5.41) is 6.77. The van der Waals surface area contributed by atoms with Crippen molar-refractivity contribution in [2.75, 3.05) is 54.5 Å². The van der Waals surface area contributed by atoms with E-state index in [-0.39, 0.29) is 0 Å². The maximum absolute atomic E-state index is 5.49. The fourth-order valence-electron chi connectivity index (χ4n) is 3.59. The zero-order valence-electron chi connectivity index (χ0n) is 16.1. The normalized spacial score (nSPS) is 16.5. The van der Waals surface area contributed by atoms with Crippen LogP contribution in [0.3, 0.4) is 0 Å². The van der Waals surface area contributed by atoms with E-state index >= 15 is 0 Å². The van der Waals surface area contributed by atoms with Gasteiger partial charge in [-0.3, -0.25) is 0 Å². The second kappa shape index (κ2) is 8.70. The summed E-state index contributed by atoms with van der Waals surface area (Å²) in [6, 6.07) is 10.7. The highest BCUT2D eigenvalue weighted by Crippen LogP contribution is 2.27. The van der Waals surface area contributed by atoms with E-state index in [9.17, 15) is 0 Å². The SMILES string of the molecule is CCNC(=S)Nc1nc(N2CCOCC2)cc(N2CCc3ccccc3C2)n1. The van der Waals surface area contributed by atoms with Crippen LogP contribution in [0.15, 0.2) is 30.3 Å². The van der Waals surface area contributed by atoms with Crippen molar-refractivity contribution >= 4 is 34.9 Å². The second-order valence-electron chi connectivity index (χ2n) is 6.93. The summed E-state index contributed by atoms with van der Waals surface area (Å²) >= 11 is 5.34. The molecule has 3 heterocycles. The van der Waals surface area contributed by atoms with Crippen molar-refractivity contribution in [2.24, 2.45) is 0 Å². The van der Waals surface area contributed by atoms with Crippen molar-refractivity contribution in [1.82, 2.24) is 15.3 Å². The highest BCUT2D eigenvalue weighted by molar-refractivity contribution is 7.80. The molecule has 0 atom stereocenters. The highest BCUT2D eigenvalue weighted by Gasteiger charge is 2.21. The largest absolute Gasteiger partial charge is 0.378 e. The standard InChI is InChI=1S/C20H26N6OS/c1-2-21-20(28)24-19-22-17(25-9-11-27-12-10-25)13-18(23-19)26-8-7-15-5-3-4-6-16(15)14-26/h3-6,13H,2,7-12,14H2,1H3,(H2,21,22,23,24,28). The molecule has 1 aromatic heterocycles. The first-order valence-corrected chi connectivity index (χ1v) is 10.2. The number of rotatable bonds is 4. The van der Waals surface area contributed by atoms with Gasteiger partial charge >= 0.3 is 0 Å². The predicted molar refractivity (Wildman–Crippen MR) is 116 cm³/mol. The van der Waals surface area contributed by atoms with Gasteiger partial charge in [-0.2, -0.15) is 9.97 Å². The number of ether oxygens (including phenoxy) is 1. The van der Waals surface area contributed by atoms with E-state index < -0.39 is 0 Å². The molecular weight excluding hydrogens is 372 g/mol. The molecule has 28 heavy (non-hydrogen) atoms. The summed E-state index contributed by atoms with van der Waals surface area (Å²) in [4.78, 5) is 14.0. The molecule has 1 fully saturated rings. The van der Waals surface area contributed by atoms with Crippen LogP contribution in [0.25, 0.3) is 0 Å². The molecule has 0 aliphatic carbocycles. The number of nitrogens with zero attached hydrogens (tertiary/aromatic N) is 4. The predicted octanol–water partition coefficient (Wildman–Crippen LogP) is 2.18. The Kier molecular flexibility index (Phi) is 5.87. The summed E-state index contributed by atoms with van der Waals surface area (Å²) in [5.74, 6) is 2.37. The quantitative estimate of drug-likeness (QED) is 0.760. The van der Waals surface area contributed by atoms with Crippen LogP contribution >= 0.6 is 12.2 Å². The van der Waals surface area contributed by atoms with Gasteiger partial charge in [0.2, 0.25) is 5.95 Å². The molecule has 0 bridgehead atoms. The number of hydrogen-bond donors (Lipinski definition) is 2. The number of benzene rings is 1. The van der Waals surface area contributed by atoms with Crippen molar-refractivity contribution in [2.45, 2.75) is 19.9 Å². The number of thiocarbonyl (C=S) groups is 1. The summed E-state index contributed by atoms with van der Waals surface area (Å²) in [6.45, 7) is 7.65. The molecule has 2 aromatic rings. The molecule has 7 nitrogen and oxygen atoms in total. The zero-order valence-corrected chi connectivity index (χ0v) is 17.0. The number of fused-ring (bicyclic) bond motifs is 1. The first-order chi connectivity index (χ1) is 13.7. The minimum Gasteiger partial charge on any atom is -0.378 e. The van der Waals surface area contributed by atoms with Crippen LogP contribution in [0.5, 0.6) is 0 Å². The smallest absolute Gasteiger partial charge is 0.232 e. The minimum absolute atomic E-state index is 0.531. The molecule has 1 saturated heterocycles. The van der Waals surface area contributed by atoms with Crippen LogP contribution in [0.4, 0.5) is 17.6 Å². The third kappa shape index (κ3) is 4.34. The minimum atomic E-state index is 0.531. The molecule has 1 aromatic carbocycles. The summed E-state index contributed by atoms with van der Waals surface area (Å²) in [7, 11) is 0. The van der Waals surface area contributed by atoms with E-state index in [0.717, 1.165) is 64.0 Å². The van der Waals surface area contributed by atoms with Crippen LogP contribution in [0.1, 0.15) is 18.1 Å². The molecule has 148 valence electrons. The summed E-state index contributed by atoms with van der Waals surface area (Å²) in [5.41, 5.74) is 2.78. The molecule has 2 N–H and O–H groups in total. The first kappa shape index (κ1) is 18.9. The molecule has 8 heteroatoms. The van der Waals surface area contributed by atoms with Crippen LogP contribution < -0.4 is 20.4 Å². The van der Waals surface area contributed by atoms with Gasteiger partial charge in [0.1, 0.15) is 11.6 Å². The molecular formula is C20H26N6OS. The summed E-state index contributed by atoms with van der Waals surface area (Å²) < 4.78 is 5.49. The maximum atomic E-state index is 5.49. The Bertz CT molecular complexity index is 839. The zero-order chi connectivity index (χ0) is 19.3. The molecule has 0 spiro atoms. The van der Waals surface area contributed by atoms with Gasteiger partial charge in [-0.15, -0.1) is 0 Å². The van der Waals surface area contributed by atoms with Gasteiger partial charge < -0.3 is 25.2 Å². The maximum Gasteiger partial charge on any atom is 0.232 e. The lowest BCUT2D eigenvalue weighted by Crippen LogP contribution is -2.38. The monoisotopic (exact) mass is 398 g/mol. The van der Waals surface area contributed by atoms with Gasteiger partial charge in [0.15, 0.2) is 5.11 Å². The van der Waals surface area contributed by atoms with Crippen molar-refractivity contribution in [3.8, 4) is 0 Å². The number of anilines is 3. The van der Waals surface area contributed by atoms with E-state index in [0.29, 0.717) is 11.1 Å². The van der Waals surface area contributed by atoms with Crippen molar-refractivity contribution in [1.29, 1.82) is 0 Å². The number of aromatic nitrogens is 2. The molecule has 0 saturated carbocycles. The first-order valence-electron chi connectivity index (χ1n) is 9.81. The van der Waals surface area contributed by atoms with Gasteiger partial charge in [0.25, 0.3) is 0 Å². The average molecular weight is 399 g/mol. The highest BCUT2D eigenvalue weighted by atomic mass is 32.1.